The summed E-state index contributed by atoms with van der Waals surface area (Å²) in [6, 6.07) is 0.269. The van der Waals surface area contributed by atoms with Crippen molar-refractivity contribution in [1.82, 2.24) is 4.90 Å². The van der Waals surface area contributed by atoms with Gasteiger partial charge < -0.3 is 9.84 Å². The number of amides is 1. The molecule has 17 heavy (non-hydrogen) atoms. The zero-order valence-electron chi connectivity index (χ0n) is 11.0. The first kappa shape index (κ1) is 12.7. The third-order valence-corrected chi connectivity index (χ3v) is 3.88. The van der Waals surface area contributed by atoms with Crippen LogP contribution in [0, 0.1) is 0 Å². The summed E-state index contributed by atoms with van der Waals surface area (Å²) >= 11 is 0. The van der Waals surface area contributed by atoms with Crippen LogP contribution in [0.3, 0.4) is 0 Å². The van der Waals surface area contributed by atoms with Crippen LogP contribution in [0.25, 0.3) is 0 Å². The molecule has 2 bridgehead atoms. The SMILES string of the molecule is CC(C)(C)OC(=O)N1C2CCCC1(CO)CC2. The third kappa shape index (κ3) is 2.28. The molecule has 2 fully saturated rings. The Morgan fingerprint density at radius 1 is 1.41 bits per heavy atom. The first-order valence-electron chi connectivity index (χ1n) is 6.51. The van der Waals surface area contributed by atoms with Crippen molar-refractivity contribution in [2.45, 2.75) is 70.1 Å². The zero-order chi connectivity index (χ0) is 12.7. The monoisotopic (exact) mass is 241 g/mol. The molecule has 2 rings (SSSR count). The molecule has 2 atom stereocenters. The predicted octanol–water partition coefficient (Wildman–Crippen LogP) is 2.30. The van der Waals surface area contributed by atoms with Crippen LogP contribution in [0.15, 0.2) is 0 Å². The van der Waals surface area contributed by atoms with Crippen LogP contribution in [-0.2, 0) is 4.74 Å². The molecule has 2 unspecified atom stereocenters. The Kier molecular flexibility index (Phi) is 3.10. The van der Waals surface area contributed by atoms with Gasteiger partial charge in [-0.2, -0.15) is 0 Å². The minimum Gasteiger partial charge on any atom is -0.444 e. The maximum absolute atomic E-state index is 12.2. The van der Waals surface area contributed by atoms with E-state index in [0.29, 0.717) is 0 Å². The molecule has 1 amide bonds. The third-order valence-electron chi connectivity index (χ3n) is 3.88. The highest BCUT2D eigenvalue weighted by Gasteiger charge is 2.51. The summed E-state index contributed by atoms with van der Waals surface area (Å²) in [5.74, 6) is 0. The van der Waals surface area contributed by atoms with Crippen LogP contribution in [0.1, 0.15) is 52.9 Å². The van der Waals surface area contributed by atoms with Crippen LogP contribution in [0.4, 0.5) is 4.79 Å². The average molecular weight is 241 g/mol. The maximum Gasteiger partial charge on any atom is 0.411 e. The summed E-state index contributed by atoms with van der Waals surface area (Å²) in [6.07, 6.45) is 4.70. The van der Waals surface area contributed by atoms with Crippen LogP contribution in [-0.4, -0.2) is 39.9 Å². The van der Waals surface area contributed by atoms with Crippen molar-refractivity contribution in [2.75, 3.05) is 6.61 Å². The second kappa shape index (κ2) is 4.16. The van der Waals surface area contributed by atoms with Gasteiger partial charge in [-0.3, -0.25) is 4.90 Å². The molecule has 2 aliphatic heterocycles. The van der Waals surface area contributed by atoms with E-state index in [4.69, 9.17) is 4.74 Å². The lowest BCUT2D eigenvalue weighted by molar-refractivity contribution is -0.0297. The second-order valence-electron chi connectivity index (χ2n) is 6.32. The van der Waals surface area contributed by atoms with Crippen LogP contribution >= 0.6 is 0 Å². The molecule has 0 aromatic rings. The quantitative estimate of drug-likeness (QED) is 0.766. The van der Waals surface area contributed by atoms with Crippen molar-refractivity contribution in [2.24, 2.45) is 0 Å². The van der Waals surface area contributed by atoms with Crippen molar-refractivity contribution >= 4 is 6.09 Å². The van der Waals surface area contributed by atoms with E-state index in [-0.39, 0.29) is 24.3 Å². The first-order chi connectivity index (χ1) is 7.88. The van der Waals surface area contributed by atoms with E-state index in [1.807, 2.05) is 25.7 Å². The lowest BCUT2D eigenvalue weighted by atomic mass is 9.89. The van der Waals surface area contributed by atoms with Crippen LogP contribution in [0.5, 0.6) is 0 Å². The van der Waals surface area contributed by atoms with Crippen LogP contribution in [0.2, 0.25) is 0 Å². The zero-order valence-corrected chi connectivity index (χ0v) is 11.0. The molecular formula is C13H23NO3. The Morgan fingerprint density at radius 2 is 2.12 bits per heavy atom. The van der Waals surface area contributed by atoms with Crippen molar-refractivity contribution in [3.05, 3.63) is 0 Å². The Labute approximate surface area is 103 Å². The van der Waals surface area contributed by atoms with Crippen molar-refractivity contribution in [3.8, 4) is 0 Å². The van der Waals surface area contributed by atoms with E-state index in [1.165, 1.54) is 0 Å². The maximum atomic E-state index is 12.2. The van der Waals surface area contributed by atoms with Crippen molar-refractivity contribution in [1.29, 1.82) is 0 Å². The van der Waals surface area contributed by atoms with Gasteiger partial charge in [-0.15, -0.1) is 0 Å². The van der Waals surface area contributed by atoms with Gasteiger partial charge in [-0.25, -0.2) is 4.79 Å². The molecule has 0 aromatic carbocycles. The van der Waals surface area contributed by atoms with Crippen molar-refractivity contribution < 1.29 is 14.6 Å². The highest BCUT2D eigenvalue weighted by atomic mass is 16.6. The van der Waals surface area contributed by atoms with Gasteiger partial charge in [0.2, 0.25) is 0 Å². The number of hydrogen-bond acceptors (Lipinski definition) is 3. The van der Waals surface area contributed by atoms with Gasteiger partial charge in [0, 0.05) is 6.04 Å². The summed E-state index contributed by atoms with van der Waals surface area (Å²) in [5, 5.41) is 9.64. The Balaban J connectivity index is 2.16. The molecular weight excluding hydrogens is 218 g/mol. The molecule has 2 saturated heterocycles. The predicted molar refractivity (Wildman–Crippen MR) is 64.8 cm³/mol. The topological polar surface area (TPSA) is 49.8 Å². The standard InChI is InChI=1S/C13H23NO3/c1-12(2,3)17-11(16)14-10-5-4-7-13(14,9-15)8-6-10/h10,15H,4-9H2,1-3H3. The van der Waals surface area contributed by atoms with Gasteiger partial charge in [0.05, 0.1) is 12.1 Å². The molecule has 2 aliphatic rings. The van der Waals surface area contributed by atoms with Gasteiger partial charge in [0.15, 0.2) is 0 Å². The van der Waals surface area contributed by atoms with Gasteiger partial charge in [0.25, 0.3) is 0 Å². The van der Waals surface area contributed by atoms with E-state index in [9.17, 15) is 9.90 Å². The number of aliphatic hydroxyl groups excluding tert-OH is 1. The summed E-state index contributed by atoms with van der Waals surface area (Å²) < 4.78 is 5.46. The van der Waals surface area contributed by atoms with Gasteiger partial charge in [0.1, 0.15) is 5.60 Å². The number of aliphatic hydroxyl groups is 1. The van der Waals surface area contributed by atoms with Crippen molar-refractivity contribution in [3.63, 3.8) is 0 Å². The Bertz CT molecular complexity index is 306. The number of piperidine rings is 1. The first-order valence-corrected chi connectivity index (χ1v) is 6.51. The molecule has 98 valence electrons. The minimum absolute atomic E-state index is 0.0583. The van der Waals surface area contributed by atoms with E-state index >= 15 is 0 Å². The lowest BCUT2D eigenvalue weighted by Gasteiger charge is -2.43. The fourth-order valence-electron chi connectivity index (χ4n) is 3.15. The number of nitrogens with zero attached hydrogens (tertiary/aromatic N) is 1. The summed E-state index contributed by atoms with van der Waals surface area (Å²) in [7, 11) is 0. The normalized spacial score (nSPS) is 32.7. The summed E-state index contributed by atoms with van der Waals surface area (Å²) in [4.78, 5) is 14.1. The number of carbonyl (C=O) groups is 1. The largest absolute Gasteiger partial charge is 0.444 e. The highest BCUT2D eigenvalue weighted by Crippen LogP contribution is 2.44. The fourth-order valence-corrected chi connectivity index (χ4v) is 3.15. The van der Waals surface area contributed by atoms with E-state index in [2.05, 4.69) is 0 Å². The highest BCUT2D eigenvalue weighted by molar-refractivity contribution is 5.70. The van der Waals surface area contributed by atoms with Gasteiger partial charge in [-0.1, -0.05) is 0 Å². The Hall–Kier alpha value is -0.770. The number of ether oxygens (including phenoxy) is 1. The fraction of sp³-hybridized carbons (Fsp3) is 0.923. The smallest absolute Gasteiger partial charge is 0.411 e. The molecule has 0 radical (unpaired) electrons. The minimum atomic E-state index is -0.468. The molecule has 0 aromatic heterocycles. The summed E-state index contributed by atoms with van der Waals surface area (Å²) in [6.45, 7) is 5.69. The number of hydrogen-bond donors (Lipinski definition) is 1. The Morgan fingerprint density at radius 3 is 2.71 bits per heavy atom. The van der Waals surface area contributed by atoms with E-state index in [0.717, 1.165) is 32.1 Å². The van der Waals surface area contributed by atoms with Gasteiger partial charge in [-0.05, 0) is 52.9 Å². The second-order valence-corrected chi connectivity index (χ2v) is 6.32. The molecule has 2 heterocycles. The number of fused-ring (bicyclic) bond motifs is 2. The molecule has 0 aliphatic carbocycles. The molecule has 4 nitrogen and oxygen atoms in total. The van der Waals surface area contributed by atoms with Gasteiger partial charge >= 0.3 is 6.09 Å². The molecule has 1 N–H and O–H groups in total. The van der Waals surface area contributed by atoms with E-state index < -0.39 is 5.60 Å². The average Bonchev–Trinajstić information content (AvgIpc) is 2.44. The van der Waals surface area contributed by atoms with E-state index in [1.54, 1.807) is 0 Å². The molecule has 0 saturated carbocycles. The molecule has 4 heteroatoms. The summed E-state index contributed by atoms with van der Waals surface area (Å²) in [5.41, 5.74) is -0.810. The lowest BCUT2D eigenvalue weighted by Crippen LogP contribution is -2.56. The number of rotatable bonds is 1. The molecule has 0 spiro atoms. The number of carbonyl (C=O) groups excluding carboxylic acids is 1. The van der Waals surface area contributed by atoms with Crippen LogP contribution < -0.4 is 0 Å².